The van der Waals surface area contributed by atoms with E-state index in [0.29, 0.717) is 13.0 Å². The first-order chi connectivity index (χ1) is 13.1. The molecule has 4 N–H and O–H groups in total. The number of aliphatic hydroxyl groups is 2. The van der Waals surface area contributed by atoms with Crippen LogP contribution in [0.15, 0.2) is 56.5 Å². The molecular weight excluding hydrogens is 354 g/mol. The first-order valence-electron chi connectivity index (χ1n) is 8.54. The third kappa shape index (κ3) is 4.67. The van der Waals surface area contributed by atoms with Gasteiger partial charge in [-0.05, 0) is 12.0 Å². The van der Waals surface area contributed by atoms with Crippen LogP contribution in [0.1, 0.15) is 18.2 Å². The fourth-order valence-corrected chi connectivity index (χ4v) is 2.79. The number of hydrogen-bond donors (Lipinski definition) is 4. The molecule has 27 heavy (non-hydrogen) atoms. The highest BCUT2D eigenvalue weighted by Crippen LogP contribution is 2.27. The van der Waals surface area contributed by atoms with Crippen LogP contribution in [0.4, 0.5) is 5.69 Å². The SMILES string of the molecule is O=c1[nH]c(=O)n(C2CC(O)C(CO)O2)cc1NN=NCCc1ccccc1. The van der Waals surface area contributed by atoms with Gasteiger partial charge in [0.1, 0.15) is 18.0 Å². The summed E-state index contributed by atoms with van der Waals surface area (Å²) in [5.41, 5.74) is 2.33. The number of aliphatic hydroxyl groups excluding tert-OH is 2. The number of hydrogen-bond acceptors (Lipinski definition) is 7. The zero-order chi connectivity index (χ0) is 19.2. The third-order valence-electron chi connectivity index (χ3n) is 4.25. The molecule has 0 spiro atoms. The minimum absolute atomic E-state index is 0.0172. The maximum absolute atomic E-state index is 12.0. The predicted octanol–water partition coefficient (Wildman–Crippen LogP) is 0.199. The van der Waals surface area contributed by atoms with Crippen molar-refractivity contribution in [3.05, 3.63) is 62.9 Å². The molecule has 3 unspecified atom stereocenters. The van der Waals surface area contributed by atoms with Gasteiger partial charge < -0.3 is 14.9 Å². The van der Waals surface area contributed by atoms with Crippen molar-refractivity contribution in [1.29, 1.82) is 0 Å². The van der Waals surface area contributed by atoms with E-state index in [-0.39, 0.29) is 18.7 Å². The van der Waals surface area contributed by atoms with Gasteiger partial charge in [0.2, 0.25) is 0 Å². The van der Waals surface area contributed by atoms with Crippen molar-refractivity contribution in [2.45, 2.75) is 31.3 Å². The summed E-state index contributed by atoms with van der Waals surface area (Å²) in [5, 5.41) is 26.7. The lowest BCUT2D eigenvalue weighted by Crippen LogP contribution is -2.33. The minimum Gasteiger partial charge on any atom is -0.394 e. The summed E-state index contributed by atoms with van der Waals surface area (Å²) in [6.45, 7) is 0.0706. The van der Waals surface area contributed by atoms with Crippen LogP contribution >= 0.6 is 0 Å². The van der Waals surface area contributed by atoms with Crippen molar-refractivity contribution in [3.8, 4) is 0 Å². The van der Waals surface area contributed by atoms with Gasteiger partial charge in [-0.1, -0.05) is 35.6 Å². The van der Waals surface area contributed by atoms with Crippen molar-refractivity contribution in [2.24, 2.45) is 10.3 Å². The molecule has 1 aliphatic heterocycles. The normalized spacial score (nSPS) is 22.4. The van der Waals surface area contributed by atoms with Gasteiger partial charge >= 0.3 is 5.69 Å². The maximum Gasteiger partial charge on any atom is 0.330 e. The average Bonchev–Trinajstić information content (AvgIpc) is 3.04. The van der Waals surface area contributed by atoms with Crippen molar-refractivity contribution in [2.75, 3.05) is 18.6 Å². The molecule has 1 aromatic heterocycles. The zero-order valence-corrected chi connectivity index (χ0v) is 14.5. The summed E-state index contributed by atoms with van der Waals surface area (Å²) in [6, 6.07) is 9.79. The quantitative estimate of drug-likeness (QED) is 0.402. The van der Waals surface area contributed by atoms with Gasteiger partial charge in [0.15, 0.2) is 0 Å². The Hall–Kier alpha value is -2.82. The van der Waals surface area contributed by atoms with Gasteiger partial charge in [0.25, 0.3) is 5.56 Å². The smallest absolute Gasteiger partial charge is 0.330 e. The molecule has 0 amide bonds. The van der Waals surface area contributed by atoms with Crippen LogP contribution in [0.25, 0.3) is 0 Å². The van der Waals surface area contributed by atoms with Gasteiger partial charge in [-0.15, -0.1) is 0 Å². The summed E-state index contributed by atoms with van der Waals surface area (Å²) in [4.78, 5) is 26.1. The second-order valence-electron chi connectivity index (χ2n) is 6.14. The molecule has 0 saturated carbocycles. The number of aromatic nitrogens is 2. The van der Waals surface area contributed by atoms with E-state index in [0.717, 1.165) is 10.1 Å². The zero-order valence-electron chi connectivity index (χ0n) is 14.5. The highest BCUT2D eigenvalue weighted by Gasteiger charge is 2.35. The molecule has 1 fully saturated rings. The predicted molar refractivity (Wildman–Crippen MR) is 96.4 cm³/mol. The molecule has 3 atom stereocenters. The molecule has 1 aromatic carbocycles. The Balaban J connectivity index is 1.65. The number of nitrogens with one attached hydrogen (secondary N) is 2. The average molecular weight is 375 g/mol. The van der Waals surface area contributed by atoms with Crippen molar-refractivity contribution < 1.29 is 14.9 Å². The number of aromatic amines is 1. The monoisotopic (exact) mass is 375 g/mol. The third-order valence-corrected chi connectivity index (χ3v) is 4.25. The van der Waals surface area contributed by atoms with Gasteiger partial charge in [-0.3, -0.25) is 19.8 Å². The summed E-state index contributed by atoms with van der Waals surface area (Å²) < 4.78 is 6.58. The van der Waals surface area contributed by atoms with Crippen LogP contribution in [-0.4, -0.2) is 45.1 Å². The van der Waals surface area contributed by atoms with Gasteiger partial charge in [0.05, 0.1) is 19.3 Å². The largest absolute Gasteiger partial charge is 0.394 e. The maximum atomic E-state index is 12.0. The van der Waals surface area contributed by atoms with Crippen LogP contribution in [-0.2, 0) is 11.2 Å². The van der Waals surface area contributed by atoms with Crippen LogP contribution in [0, 0.1) is 0 Å². The van der Waals surface area contributed by atoms with E-state index < -0.39 is 29.7 Å². The number of benzene rings is 1. The molecule has 3 rings (SSSR count). The molecule has 10 nitrogen and oxygen atoms in total. The summed E-state index contributed by atoms with van der Waals surface area (Å²) in [5.74, 6) is 0. The summed E-state index contributed by atoms with van der Waals surface area (Å²) in [6.07, 6.45) is -0.380. The summed E-state index contributed by atoms with van der Waals surface area (Å²) in [7, 11) is 0. The van der Waals surface area contributed by atoms with E-state index in [1.807, 2.05) is 30.3 Å². The minimum atomic E-state index is -0.895. The number of nitrogens with zero attached hydrogens (tertiary/aromatic N) is 3. The molecule has 0 aliphatic carbocycles. The first-order valence-corrected chi connectivity index (χ1v) is 8.54. The van der Waals surface area contributed by atoms with Crippen LogP contribution in [0.3, 0.4) is 0 Å². The lowest BCUT2D eigenvalue weighted by Gasteiger charge is -2.14. The first kappa shape index (κ1) is 19.0. The highest BCUT2D eigenvalue weighted by atomic mass is 16.5. The number of rotatable bonds is 7. The van der Waals surface area contributed by atoms with E-state index in [1.165, 1.54) is 6.20 Å². The fourth-order valence-electron chi connectivity index (χ4n) is 2.79. The van der Waals surface area contributed by atoms with Gasteiger partial charge in [-0.2, -0.15) is 5.11 Å². The van der Waals surface area contributed by atoms with Crippen molar-refractivity contribution in [1.82, 2.24) is 9.55 Å². The topological polar surface area (TPSA) is 141 Å². The lowest BCUT2D eigenvalue weighted by atomic mass is 10.2. The second-order valence-corrected chi connectivity index (χ2v) is 6.14. The molecule has 0 radical (unpaired) electrons. The van der Waals surface area contributed by atoms with Crippen LogP contribution < -0.4 is 16.7 Å². The Morgan fingerprint density at radius 2 is 2.07 bits per heavy atom. The molecule has 144 valence electrons. The molecule has 1 aliphatic rings. The van der Waals surface area contributed by atoms with Crippen LogP contribution in [0.5, 0.6) is 0 Å². The van der Waals surface area contributed by atoms with E-state index in [4.69, 9.17) is 9.84 Å². The molecule has 2 aromatic rings. The van der Waals surface area contributed by atoms with Crippen molar-refractivity contribution >= 4 is 5.69 Å². The van der Waals surface area contributed by atoms with E-state index in [1.54, 1.807) is 0 Å². The molecule has 10 heteroatoms. The van der Waals surface area contributed by atoms with Gasteiger partial charge in [0, 0.05) is 12.6 Å². The fraction of sp³-hybridized carbons (Fsp3) is 0.412. The summed E-state index contributed by atoms with van der Waals surface area (Å²) >= 11 is 0. The number of H-pyrrole nitrogens is 1. The van der Waals surface area contributed by atoms with Gasteiger partial charge in [-0.25, -0.2) is 4.79 Å². The van der Waals surface area contributed by atoms with E-state index in [9.17, 15) is 14.7 Å². The van der Waals surface area contributed by atoms with Crippen LogP contribution in [0.2, 0.25) is 0 Å². The Bertz CT molecular complexity index is 895. The molecule has 0 bridgehead atoms. The number of anilines is 1. The lowest BCUT2D eigenvalue weighted by molar-refractivity contribution is -0.0458. The Morgan fingerprint density at radius 1 is 1.30 bits per heavy atom. The second kappa shape index (κ2) is 8.71. The Kier molecular flexibility index (Phi) is 6.12. The van der Waals surface area contributed by atoms with Crippen molar-refractivity contribution in [3.63, 3.8) is 0 Å². The highest BCUT2D eigenvalue weighted by molar-refractivity contribution is 5.36. The van der Waals surface area contributed by atoms with E-state index >= 15 is 0 Å². The van der Waals surface area contributed by atoms with E-state index in [2.05, 4.69) is 20.7 Å². The Morgan fingerprint density at radius 3 is 2.78 bits per heavy atom. The molecule has 1 saturated heterocycles. The standard InChI is InChI=1S/C17H21N5O5/c23-10-14-13(24)8-15(27-14)22-9-12(16(25)19-17(22)26)20-21-18-7-6-11-4-2-1-3-5-11/h1-5,9,13-15,23-24H,6-8,10H2,(H,18,20)(H,19,25,26). The Labute approximate surface area is 154 Å². The molecule has 2 heterocycles. The molecular formula is C17H21N5O5. The number of ether oxygens (including phenoxy) is 1.